The second kappa shape index (κ2) is 9.16. The maximum Gasteiger partial charge on any atom is 0.119 e. The number of piperazine rings is 1. The highest BCUT2D eigenvalue weighted by Gasteiger charge is 2.23. The van der Waals surface area contributed by atoms with Gasteiger partial charge in [-0.25, -0.2) is 0 Å². The molecule has 0 spiro atoms. The van der Waals surface area contributed by atoms with Crippen molar-refractivity contribution in [2.75, 3.05) is 52.5 Å². The van der Waals surface area contributed by atoms with Crippen LogP contribution in [0.3, 0.4) is 0 Å². The Hall–Kier alpha value is -1.65. The number of rotatable bonds is 7. The lowest BCUT2D eigenvalue weighted by molar-refractivity contribution is 0.0263. The van der Waals surface area contributed by atoms with E-state index in [-0.39, 0.29) is 6.61 Å². The highest BCUT2D eigenvalue weighted by molar-refractivity contribution is 5.34. The topological polar surface area (TPSA) is 69.0 Å². The molecule has 2 aliphatic rings. The van der Waals surface area contributed by atoms with Crippen LogP contribution in [0.1, 0.15) is 18.4 Å². The predicted octanol–water partition coefficient (Wildman–Crippen LogP) is 1.09. The molecule has 0 saturated carbocycles. The Bertz CT molecular complexity index is 558. The van der Waals surface area contributed by atoms with Crippen molar-refractivity contribution in [3.63, 3.8) is 0 Å². The average Bonchev–Trinajstić information content (AvgIpc) is 3.15. The van der Waals surface area contributed by atoms with Crippen LogP contribution in [-0.2, 0) is 4.74 Å². The smallest absolute Gasteiger partial charge is 0.119 e. The molecular formula is C19H27N3O3. The molecule has 2 atom stereocenters. The molecule has 0 radical (unpaired) electrons. The van der Waals surface area contributed by atoms with E-state index >= 15 is 0 Å². The molecule has 2 heterocycles. The van der Waals surface area contributed by atoms with Crippen LogP contribution in [0, 0.1) is 11.3 Å². The second-order valence-corrected chi connectivity index (χ2v) is 6.84. The second-order valence-electron chi connectivity index (χ2n) is 6.84. The van der Waals surface area contributed by atoms with Crippen molar-refractivity contribution in [3.8, 4) is 11.8 Å². The summed E-state index contributed by atoms with van der Waals surface area (Å²) >= 11 is 0. The molecule has 3 rings (SSSR count). The summed E-state index contributed by atoms with van der Waals surface area (Å²) in [6, 6.07) is 9.03. The molecule has 0 unspecified atom stereocenters. The van der Waals surface area contributed by atoms with Gasteiger partial charge in [-0.1, -0.05) is 0 Å². The number of ether oxygens (including phenoxy) is 2. The van der Waals surface area contributed by atoms with Gasteiger partial charge in [-0.05, 0) is 37.1 Å². The van der Waals surface area contributed by atoms with Gasteiger partial charge in [0.15, 0.2) is 0 Å². The van der Waals surface area contributed by atoms with Crippen LogP contribution in [0.25, 0.3) is 0 Å². The fourth-order valence-electron chi connectivity index (χ4n) is 3.40. The van der Waals surface area contributed by atoms with Gasteiger partial charge >= 0.3 is 0 Å². The Balaban J connectivity index is 1.33. The lowest BCUT2D eigenvalue weighted by Gasteiger charge is -2.36. The van der Waals surface area contributed by atoms with E-state index in [1.807, 2.05) is 0 Å². The van der Waals surface area contributed by atoms with Crippen molar-refractivity contribution in [1.82, 2.24) is 9.80 Å². The van der Waals surface area contributed by atoms with Crippen LogP contribution in [-0.4, -0.2) is 79.6 Å². The Morgan fingerprint density at radius 2 is 1.92 bits per heavy atom. The fraction of sp³-hybridized carbons (Fsp3) is 0.632. The highest BCUT2D eigenvalue weighted by atomic mass is 16.5. The SMILES string of the molecule is N#Cc1ccc(OC[C@H](O)CN2CCN(C[C@@H]3CCCO3)CC2)cc1. The van der Waals surface area contributed by atoms with Crippen molar-refractivity contribution < 1.29 is 14.6 Å². The predicted molar refractivity (Wildman–Crippen MR) is 94.5 cm³/mol. The number of aliphatic hydroxyl groups is 1. The maximum atomic E-state index is 10.2. The molecule has 0 aliphatic carbocycles. The molecule has 1 aromatic rings. The van der Waals surface area contributed by atoms with Crippen molar-refractivity contribution in [3.05, 3.63) is 29.8 Å². The summed E-state index contributed by atoms with van der Waals surface area (Å²) in [6.07, 6.45) is 2.28. The number of nitriles is 1. The summed E-state index contributed by atoms with van der Waals surface area (Å²) in [5, 5.41) is 19.0. The van der Waals surface area contributed by atoms with Gasteiger partial charge in [-0.2, -0.15) is 5.26 Å². The van der Waals surface area contributed by atoms with Gasteiger partial charge in [0, 0.05) is 45.9 Å². The number of hydrogen-bond donors (Lipinski definition) is 1. The number of benzene rings is 1. The number of β-amino-alcohol motifs (C(OH)–C–C–N with tert-alkyl or cyclic N) is 1. The maximum absolute atomic E-state index is 10.2. The fourth-order valence-corrected chi connectivity index (χ4v) is 3.40. The molecule has 2 fully saturated rings. The lowest BCUT2D eigenvalue weighted by atomic mass is 10.2. The monoisotopic (exact) mass is 345 g/mol. The summed E-state index contributed by atoms with van der Waals surface area (Å²) < 4.78 is 11.3. The zero-order valence-corrected chi connectivity index (χ0v) is 14.6. The molecule has 0 bridgehead atoms. The summed E-state index contributed by atoms with van der Waals surface area (Å²) in [4.78, 5) is 4.75. The number of nitrogens with zero attached hydrogens (tertiary/aromatic N) is 3. The van der Waals surface area contributed by atoms with Crippen LogP contribution in [0.15, 0.2) is 24.3 Å². The minimum absolute atomic E-state index is 0.266. The first kappa shape index (κ1) is 18.2. The van der Waals surface area contributed by atoms with Crippen molar-refractivity contribution in [2.24, 2.45) is 0 Å². The third-order valence-electron chi connectivity index (χ3n) is 4.85. The van der Waals surface area contributed by atoms with Crippen LogP contribution in [0.2, 0.25) is 0 Å². The van der Waals surface area contributed by atoms with Gasteiger partial charge in [0.2, 0.25) is 0 Å². The first-order valence-electron chi connectivity index (χ1n) is 9.10. The van der Waals surface area contributed by atoms with Gasteiger partial charge in [0.05, 0.1) is 17.7 Å². The minimum atomic E-state index is -0.514. The van der Waals surface area contributed by atoms with Crippen LogP contribution in [0.4, 0.5) is 0 Å². The van der Waals surface area contributed by atoms with E-state index < -0.39 is 6.10 Å². The van der Waals surface area contributed by atoms with E-state index in [2.05, 4.69) is 15.9 Å². The standard InChI is InChI=1S/C19H27N3O3/c20-12-16-3-5-18(6-4-16)25-15-17(23)13-21-7-9-22(10-8-21)14-19-2-1-11-24-19/h3-6,17,19,23H,1-2,7-11,13-15H2/t17-,19+/m1/s1. The zero-order chi connectivity index (χ0) is 17.5. The van der Waals surface area contributed by atoms with E-state index in [4.69, 9.17) is 14.7 Å². The summed E-state index contributed by atoms with van der Waals surface area (Å²) in [7, 11) is 0. The quantitative estimate of drug-likeness (QED) is 0.798. The first-order chi connectivity index (χ1) is 12.2. The molecule has 136 valence electrons. The Morgan fingerprint density at radius 1 is 1.20 bits per heavy atom. The van der Waals surface area contributed by atoms with Crippen molar-refractivity contribution in [2.45, 2.75) is 25.0 Å². The van der Waals surface area contributed by atoms with Crippen LogP contribution < -0.4 is 4.74 Å². The van der Waals surface area contributed by atoms with Gasteiger partial charge in [-0.15, -0.1) is 0 Å². The van der Waals surface area contributed by atoms with E-state index in [1.165, 1.54) is 12.8 Å². The normalized spacial score (nSPS) is 23.3. The van der Waals surface area contributed by atoms with Crippen LogP contribution in [0.5, 0.6) is 5.75 Å². The van der Waals surface area contributed by atoms with E-state index in [9.17, 15) is 5.11 Å². The molecule has 6 nitrogen and oxygen atoms in total. The summed E-state index contributed by atoms with van der Waals surface area (Å²) in [5.41, 5.74) is 0.605. The van der Waals surface area contributed by atoms with E-state index in [1.54, 1.807) is 24.3 Å². The molecule has 0 amide bonds. The molecule has 1 N–H and O–H groups in total. The van der Waals surface area contributed by atoms with Crippen LogP contribution >= 0.6 is 0 Å². The molecule has 6 heteroatoms. The Kier molecular flexibility index (Phi) is 6.65. The largest absolute Gasteiger partial charge is 0.491 e. The Morgan fingerprint density at radius 3 is 2.56 bits per heavy atom. The number of aliphatic hydroxyl groups excluding tert-OH is 1. The lowest BCUT2D eigenvalue weighted by Crippen LogP contribution is -2.50. The summed E-state index contributed by atoms with van der Waals surface area (Å²) in [6.45, 7) is 6.85. The molecule has 2 aliphatic heterocycles. The Labute approximate surface area is 149 Å². The average molecular weight is 345 g/mol. The van der Waals surface area contributed by atoms with E-state index in [0.29, 0.717) is 24.0 Å². The zero-order valence-electron chi connectivity index (χ0n) is 14.6. The number of hydrogen-bond acceptors (Lipinski definition) is 6. The third-order valence-corrected chi connectivity index (χ3v) is 4.85. The van der Waals surface area contributed by atoms with Crippen molar-refractivity contribution >= 4 is 0 Å². The highest BCUT2D eigenvalue weighted by Crippen LogP contribution is 2.15. The van der Waals surface area contributed by atoms with Gasteiger partial charge in [-0.3, -0.25) is 9.80 Å². The molecule has 0 aromatic heterocycles. The molecular weight excluding hydrogens is 318 g/mol. The minimum Gasteiger partial charge on any atom is -0.491 e. The van der Waals surface area contributed by atoms with Crippen molar-refractivity contribution in [1.29, 1.82) is 5.26 Å². The molecule has 2 saturated heterocycles. The molecule has 25 heavy (non-hydrogen) atoms. The van der Waals surface area contributed by atoms with Gasteiger partial charge in [0.25, 0.3) is 0 Å². The first-order valence-corrected chi connectivity index (χ1v) is 9.10. The molecule has 1 aromatic carbocycles. The summed E-state index contributed by atoms with van der Waals surface area (Å²) in [5.74, 6) is 0.680. The van der Waals surface area contributed by atoms with Gasteiger partial charge < -0.3 is 14.6 Å². The van der Waals surface area contributed by atoms with E-state index in [0.717, 1.165) is 39.3 Å². The van der Waals surface area contributed by atoms with Gasteiger partial charge in [0.1, 0.15) is 18.5 Å². The third kappa shape index (κ3) is 5.68.